The highest BCUT2D eigenvalue weighted by Crippen LogP contribution is 2.36. The maximum atomic E-state index is 13.0. The monoisotopic (exact) mass is 450 g/mol. The van der Waals surface area contributed by atoms with Crippen molar-refractivity contribution in [3.8, 4) is 11.5 Å². The van der Waals surface area contributed by atoms with Crippen LogP contribution in [0.4, 0.5) is 15.8 Å². The van der Waals surface area contributed by atoms with Crippen LogP contribution in [0.2, 0.25) is 0 Å². The van der Waals surface area contributed by atoms with Gasteiger partial charge in [-0.15, -0.1) is 0 Å². The molecule has 0 unspecified atom stereocenters. The van der Waals surface area contributed by atoms with Crippen molar-refractivity contribution in [1.29, 1.82) is 0 Å². The molecule has 7 nitrogen and oxygen atoms in total. The Kier molecular flexibility index (Phi) is 7.75. The summed E-state index contributed by atoms with van der Waals surface area (Å²) in [5, 5.41) is 5.46. The number of amides is 2. The number of carbonyl (C=O) groups excluding carboxylic acids is 3. The highest BCUT2D eigenvalue weighted by molar-refractivity contribution is 6.06. The fourth-order valence-corrected chi connectivity index (χ4v) is 3.10. The summed E-state index contributed by atoms with van der Waals surface area (Å²) in [7, 11) is 2.87. The quantitative estimate of drug-likeness (QED) is 0.461. The first-order valence-corrected chi connectivity index (χ1v) is 10.1. The summed E-state index contributed by atoms with van der Waals surface area (Å²) in [6.07, 6.45) is -0.115. The molecule has 2 N–H and O–H groups in total. The van der Waals surface area contributed by atoms with Crippen LogP contribution in [-0.2, 0) is 4.79 Å². The van der Waals surface area contributed by atoms with Gasteiger partial charge in [-0.05, 0) is 36.4 Å². The predicted molar refractivity (Wildman–Crippen MR) is 123 cm³/mol. The molecule has 2 amide bonds. The average Bonchev–Trinajstić information content (AvgIpc) is 2.84. The third kappa shape index (κ3) is 6.16. The Labute approximate surface area is 190 Å². The van der Waals surface area contributed by atoms with Gasteiger partial charge in [0.15, 0.2) is 5.78 Å². The van der Waals surface area contributed by atoms with E-state index in [0.29, 0.717) is 34.0 Å². The summed E-state index contributed by atoms with van der Waals surface area (Å²) in [6.45, 7) is 0. The molecule has 3 aromatic rings. The second-order valence-corrected chi connectivity index (χ2v) is 7.05. The third-order valence-electron chi connectivity index (χ3n) is 4.83. The molecule has 33 heavy (non-hydrogen) atoms. The lowest BCUT2D eigenvalue weighted by molar-refractivity contribution is -0.116. The van der Waals surface area contributed by atoms with Gasteiger partial charge in [0.2, 0.25) is 5.91 Å². The van der Waals surface area contributed by atoms with E-state index in [-0.39, 0.29) is 24.5 Å². The summed E-state index contributed by atoms with van der Waals surface area (Å²) < 4.78 is 23.7. The van der Waals surface area contributed by atoms with Gasteiger partial charge < -0.3 is 20.1 Å². The number of ketones is 1. The van der Waals surface area contributed by atoms with Crippen LogP contribution in [0.15, 0.2) is 66.7 Å². The first kappa shape index (κ1) is 23.5. The van der Waals surface area contributed by atoms with E-state index in [9.17, 15) is 18.8 Å². The van der Waals surface area contributed by atoms with E-state index in [2.05, 4.69) is 10.6 Å². The van der Waals surface area contributed by atoms with Gasteiger partial charge in [0.25, 0.3) is 5.91 Å². The molecule has 3 aromatic carbocycles. The minimum Gasteiger partial charge on any atom is -0.494 e. The summed E-state index contributed by atoms with van der Waals surface area (Å²) in [5.74, 6) is -0.823. The number of nitrogens with one attached hydrogen (secondary N) is 2. The first-order chi connectivity index (χ1) is 15.9. The molecule has 0 saturated heterocycles. The molecule has 0 bridgehead atoms. The van der Waals surface area contributed by atoms with Crippen molar-refractivity contribution < 1.29 is 28.2 Å². The molecular formula is C25H23FN2O5. The van der Waals surface area contributed by atoms with Crippen LogP contribution in [0, 0.1) is 5.82 Å². The number of halogens is 1. The Bertz CT molecular complexity index is 1150. The lowest BCUT2D eigenvalue weighted by Crippen LogP contribution is -2.15. The summed E-state index contributed by atoms with van der Waals surface area (Å²) >= 11 is 0. The van der Waals surface area contributed by atoms with E-state index in [4.69, 9.17) is 9.47 Å². The standard InChI is InChI=1S/C25H23FN2O5/c1-32-22-15-20(28-25(31)17-6-4-3-5-7-17)23(33-2)14-19(22)27-24(30)13-12-21(29)16-8-10-18(26)11-9-16/h3-11,14-15H,12-13H2,1-2H3,(H,27,30)(H,28,31). The van der Waals surface area contributed by atoms with Crippen LogP contribution >= 0.6 is 0 Å². The normalized spacial score (nSPS) is 10.3. The second kappa shape index (κ2) is 10.9. The fraction of sp³-hybridized carbons (Fsp3) is 0.160. The molecule has 0 radical (unpaired) electrons. The van der Waals surface area contributed by atoms with Crippen LogP contribution in [0.1, 0.15) is 33.6 Å². The number of ether oxygens (including phenoxy) is 2. The fourth-order valence-electron chi connectivity index (χ4n) is 3.10. The van der Waals surface area contributed by atoms with Crippen LogP contribution in [-0.4, -0.2) is 31.8 Å². The van der Waals surface area contributed by atoms with E-state index in [1.165, 1.54) is 44.6 Å². The molecule has 3 rings (SSSR count). The van der Waals surface area contributed by atoms with Crippen LogP contribution in [0.3, 0.4) is 0 Å². The maximum Gasteiger partial charge on any atom is 0.255 e. The largest absolute Gasteiger partial charge is 0.494 e. The number of anilines is 2. The van der Waals surface area contributed by atoms with Crippen molar-refractivity contribution in [2.75, 3.05) is 24.9 Å². The van der Waals surface area contributed by atoms with Crippen molar-refractivity contribution in [1.82, 2.24) is 0 Å². The van der Waals surface area contributed by atoms with Gasteiger partial charge in [0, 0.05) is 36.1 Å². The van der Waals surface area contributed by atoms with Gasteiger partial charge in [0.05, 0.1) is 25.6 Å². The summed E-state index contributed by atoms with van der Waals surface area (Å²) in [6, 6.07) is 16.9. The Morgan fingerprint density at radius 1 is 0.758 bits per heavy atom. The highest BCUT2D eigenvalue weighted by atomic mass is 19.1. The van der Waals surface area contributed by atoms with Crippen molar-refractivity contribution in [2.24, 2.45) is 0 Å². The second-order valence-electron chi connectivity index (χ2n) is 7.05. The van der Waals surface area contributed by atoms with Gasteiger partial charge >= 0.3 is 0 Å². The summed E-state index contributed by atoms with van der Waals surface area (Å²) in [5.41, 5.74) is 1.50. The molecule has 0 saturated carbocycles. The third-order valence-corrected chi connectivity index (χ3v) is 4.83. The molecule has 8 heteroatoms. The number of carbonyl (C=O) groups is 3. The van der Waals surface area contributed by atoms with Crippen molar-refractivity contribution >= 4 is 29.0 Å². The number of benzene rings is 3. The molecule has 0 spiro atoms. The zero-order chi connectivity index (χ0) is 23.8. The minimum atomic E-state index is -0.436. The van der Waals surface area contributed by atoms with Gasteiger partial charge in [0.1, 0.15) is 17.3 Å². The van der Waals surface area contributed by atoms with E-state index >= 15 is 0 Å². The SMILES string of the molecule is COc1cc(NC(=O)c2ccccc2)c(OC)cc1NC(=O)CCC(=O)c1ccc(F)cc1. The van der Waals surface area contributed by atoms with Gasteiger partial charge in [-0.3, -0.25) is 14.4 Å². The lowest BCUT2D eigenvalue weighted by Gasteiger charge is -2.16. The van der Waals surface area contributed by atoms with Crippen LogP contribution < -0.4 is 20.1 Å². The lowest BCUT2D eigenvalue weighted by atomic mass is 10.1. The molecule has 170 valence electrons. The van der Waals surface area contributed by atoms with E-state index in [1.54, 1.807) is 30.3 Å². The van der Waals surface area contributed by atoms with Crippen LogP contribution in [0.5, 0.6) is 11.5 Å². The topological polar surface area (TPSA) is 93.7 Å². The molecule has 0 aliphatic rings. The molecule has 0 atom stereocenters. The van der Waals surface area contributed by atoms with E-state index < -0.39 is 11.7 Å². The number of hydrogen-bond acceptors (Lipinski definition) is 5. The maximum absolute atomic E-state index is 13.0. The Morgan fingerprint density at radius 2 is 1.33 bits per heavy atom. The zero-order valence-electron chi connectivity index (χ0n) is 18.2. The Morgan fingerprint density at radius 3 is 1.91 bits per heavy atom. The number of rotatable bonds is 9. The molecular weight excluding hydrogens is 427 g/mol. The number of Topliss-reactive ketones (excluding diaryl/α,β-unsaturated/α-hetero) is 1. The van der Waals surface area contributed by atoms with Crippen LogP contribution in [0.25, 0.3) is 0 Å². The Balaban J connectivity index is 1.69. The number of hydrogen-bond donors (Lipinski definition) is 2. The van der Waals surface area contributed by atoms with Crippen molar-refractivity contribution in [3.05, 3.63) is 83.7 Å². The van der Waals surface area contributed by atoms with Gasteiger partial charge in [-0.1, -0.05) is 18.2 Å². The highest BCUT2D eigenvalue weighted by Gasteiger charge is 2.17. The van der Waals surface area contributed by atoms with E-state index in [0.717, 1.165) is 0 Å². The molecule has 0 heterocycles. The van der Waals surface area contributed by atoms with Crippen molar-refractivity contribution in [3.63, 3.8) is 0 Å². The smallest absolute Gasteiger partial charge is 0.255 e. The van der Waals surface area contributed by atoms with Gasteiger partial charge in [-0.2, -0.15) is 0 Å². The van der Waals surface area contributed by atoms with E-state index in [1.807, 2.05) is 6.07 Å². The van der Waals surface area contributed by atoms with Gasteiger partial charge in [-0.25, -0.2) is 4.39 Å². The first-order valence-electron chi connectivity index (χ1n) is 10.1. The average molecular weight is 450 g/mol. The summed E-state index contributed by atoms with van der Waals surface area (Å²) in [4.78, 5) is 37.1. The minimum absolute atomic E-state index is 0.0396. The molecule has 0 aliphatic carbocycles. The number of methoxy groups -OCH3 is 2. The molecule has 0 fully saturated rings. The molecule has 0 aromatic heterocycles. The predicted octanol–water partition coefficient (Wildman–Crippen LogP) is 4.70. The molecule has 0 aliphatic heterocycles. The Hall–Kier alpha value is -4.20. The van der Waals surface area contributed by atoms with Crippen molar-refractivity contribution in [2.45, 2.75) is 12.8 Å². The zero-order valence-corrected chi connectivity index (χ0v) is 18.2.